The van der Waals surface area contributed by atoms with Gasteiger partial charge in [0.2, 0.25) is 0 Å². The lowest BCUT2D eigenvalue weighted by molar-refractivity contribution is -0.142. The van der Waals surface area contributed by atoms with E-state index in [-0.39, 0.29) is 6.61 Å². The van der Waals surface area contributed by atoms with E-state index in [2.05, 4.69) is 5.32 Å². The molecule has 1 aromatic rings. The fourth-order valence-electron chi connectivity index (χ4n) is 1.95. The molecule has 0 heterocycles. The Balaban J connectivity index is 2.90. The van der Waals surface area contributed by atoms with E-state index in [9.17, 15) is 15.0 Å². The van der Waals surface area contributed by atoms with Gasteiger partial charge in [0.1, 0.15) is 5.54 Å². The van der Waals surface area contributed by atoms with Crippen LogP contribution in [0.1, 0.15) is 38.3 Å². The van der Waals surface area contributed by atoms with Crippen molar-refractivity contribution in [2.45, 2.75) is 38.3 Å². The Bertz CT molecular complexity index is 444. The number of unbranched alkanes of at least 4 members (excludes halogenated alkanes) is 1. The lowest BCUT2D eigenvalue weighted by atomic mass is 9.97. The zero-order valence-corrected chi connectivity index (χ0v) is 12.0. The monoisotopic (exact) mass is 277 g/mol. The maximum atomic E-state index is 11.5. The fourth-order valence-corrected chi connectivity index (χ4v) is 1.95. The van der Waals surface area contributed by atoms with E-state index in [0.29, 0.717) is 0 Å². The van der Waals surface area contributed by atoms with Gasteiger partial charge in [-0.1, -0.05) is 55.8 Å². The lowest BCUT2D eigenvalue weighted by Crippen LogP contribution is -2.50. The zero-order valence-electron chi connectivity index (χ0n) is 12.0. The summed E-state index contributed by atoms with van der Waals surface area (Å²) in [6, 6.07) is 8.94. The molecule has 0 aliphatic rings. The second-order valence-electron chi connectivity index (χ2n) is 4.99. The molecule has 0 saturated heterocycles. The van der Waals surface area contributed by atoms with Crippen molar-refractivity contribution in [2.24, 2.45) is 0 Å². The summed E-state index contributed by atoms with van der Waals surface area (Å²) >= 11 is 0. The number of aliphatic carboxylic acids is 1. The third-order valence-corrected chi connectivity index (χ3v) is 3.21. The van der Waals surface area contributed by atoms with Crippen LogP contribution in [0.15, 0.2) is 42.5 Å². The van der Waals surface area contributed by atoms with Gasteiger partial charge in [0, 0.05) is 0 Å². The average molecular weight is 277 g/mol. The zero-order chi connectivity index (χ0) is 15.0. The van der Waals surface area contributed by atoms with Crippen LogP contribution in [0.5, 0.6) is 0 Å². The molecule has 1 aromatic carbocycles. The van der Waals surface area contributed by atoms with E-state index in [1.165, 1.54) is 0 Å². The summed E-state index contributed by atoms with van der Waals surface area (Å²) in [7, 11) is 0. The minimum atomic E-state index is -1.20. The molecule has 0 aliphatic carbocycles. The van der Waals surface area contributed by atoms with Gasteiger partial charge in [-0.2, -0.15) is 0 Å². The van der Waals surface area contributed by atoms with Crippen LogP contribution in [-0.4, -0.2) is 28.3 Å². The second kappa shape index (κ2) is 7.82. The summed E-state index contributed by atoms with van der Waals surface area (Å²) < 4.78 is 0. The number of carbonyl (C=O) groups is 1. The molecule has 0 saturated carbocycles. The first-order valence-corrected chi connectivity index (χ1v) is 6.88. The average Bonchev–Trinajstić information content (AvgIpc) is 2.46. The number of rotatable bonds is 8. The van der Waals surface area contributed by atoms with E-state index in [1.807, 2.05) is 43.3 Å². The van der Waals surface area contributed by atoms with Crippen molar-refractivity contribution >= 4 is 5.97 Å². The van der Waals surface area contributed by atoms with Crippen LogP contribution in [-0.2, 0) is 4.79 Å². The Morgan fingerprint density at radius 3 is 2.55 bits per heavy atom. The molecule has 3 N–H and O–H groups in total. The molecule has 0 aromatic heterocycles. The first-order valence-electron chi connectivity index (χ1n) is 6.88. The number of aliphatic hydroxyl groups is 1. The van der Waals surface area contributed by atoms with Gasteiger partial charge in [-0.15, -0.1) is 0 Å². The third kappa shape index (κ3) is 4.47. The van der Waals surface area contributed by atoms with Crippen LogP contribution < -0.4 is 5.32 Å². The molecular formula is C16H23NO3. The number of allylic oxidation sites excluding steroid dienone is 1. The van der Waals surface area contributed by atoms with Gasteiger partial charge >= 0.3 is 5.97 Å². The quantitative estimate of drug-likeness (QED) is 0.639. The smallest absolute Gasteiger partial charge is 0.327 e. The predicted octanol–water partition coefficient (Wildman–Crippen LogP) is 2.51. The molecule has 4 nitrogen and oxygen atoms in total. The van der Waals surface area contributed by atoms with Crippen LogP contribution in [0.3, 0.4) is 0 Å². The van der Waals surface area contributed by atoms with Gasteiger partial charge in [-0.3, -0.25) is 5.32 Å². The maximum absolute atomic E-state index is 11.5. The highest BCUT2D eigenvalue weighted by Gasteiger charge is 2.32. The van der Waals surface area contributed by atoms with Crippen LogP contribution in [0.2, 0.25) is 0 Å². The molecule has 0 radical (unpaired) electrons. The maximum Gasteiger partial charge on any atom is 0.327 e. The Morgan fingerprint density at radius 1 is 1.40 bits per heavy atom. The van der Waals surface area contributed by atoms with Gasteiger partial charge in [0.15, 0.2) is 0 Å². The van der Waals surface area contributed by atoms with Crippen molar-refractivity contribution in [1.29, 1.82) is 0 Å². The molecular weight excluding hydrogens is 254 g/mol. The number of benzene rings is 1. The summed E-state index contributed by atoms with van der Waals surface area (Å²) in [5.74, 6) is -0.959. The molecule has 0 aliphatic heterocycles. The molecule has 0 amide bonds. The van der Waals surface area contributed by atoms with Crippen molar-refractivity contribution in [3.05, 3.63) is 48.0 Å². The van der Waals surface area contributed by atoms with Crippen molar-refractivity contribution < 1.29 is 15.0 Å². The lowest BCUT2D eigenvalue weighted by Gasteiger charge is -2.28. The first-order chi connectivity index (χ1) is 9.53. The highest BCUT2D eigenvalue weighted by molar-refractivity contribution is 5.81. The SMILES string of the molecule is CCC/C=C/C(C)(NC(CO)c1ccccc1)C(=O)O. The number of carboxylic acid groups (broad SMARTS) is 1. The summed E-state index contributed by atoms with van der Waals surface area (Å²) in [6.45, 7) is 3.48. The van der Waals surface area contributed by atoms with Gasteiger partial charge in [-0.05, 0) is 18.9 Å². The van der Waals surface area contributed by atoms with Crippen molar-refractivity contribution in [1.82, 2.24) is 5.32 Å². The standard InChI is InChI=1S/C16H23NO3/c1-3-4-8-11-16(2,15(19)20)17-14(12-18)13-9-6-5-7-10-13/h5-11,14,17-18H,3-4,12H2,1-2H3,(H,19,20)/b11-8+. The Morgan fingerprint density at radius 2 is 2.05 bits per heavy atom. The minimum Gasteiger partial charge on any atom is -0.480 e. The summed E-state index contributed by atoms with van der Waals surface area (Å²) in [5, 5.41) is 22.0. The van der Waals surface area contributed by atoms with E-state index in [0.717, 1.165) is 18.4 Å². The van der Waals surface area contributed by atoms with E-state index in [4.69, 9.17) is 0 Å². The molecule has 0 bridgehead atoms. The van der Waals surface area contributed by atoms with Gasteiger partial charge < -0.3 is 10.2 Å². The summed E-state index contributed by atoms with van der Waals surface area (Å²) in [4.78, 5) is 11.5. The topological polar surface area (TPSA) is 69.6 Å². The van der Waals surface area contributed by atoms with Crippen LogP contribution >= 0.6 is 0 Å². The molecule has 0 fully saturated rings. The van der Waals surface area contributed by atoms with Gasteiger partial charge in [0.05, 0.1) is 12.6 Å². The fraction of sp³-hybridized carbons (Fsp3) is 0.438. The Labute approximate surface area is 120 Å². The van der Waals surface area contributed by atoms with Crippen molar-refractivity contribution in [3.63, 3.8) is 0 Å². The van der Waals surface area contributed by atoms with Crippen LogP contribution in [0, 0.1) is 0 Å². The van der Waals surface area contributed by atoms with Gasteiger partial charge in [0.25, 0.3) is 0 Å². The summed E-state index contributed by atoms with van der Waals surface area (Å²) in [5.41, 5.74) is -0.329. The molecule has 2 atom stereocenters. The second-order valence-corrected chi connectivity index (χ2v) is 4.99. The summed E-state index contributed by atoms with van der Waals surface area (Å²) in [6.07, 6.45) is 5.32. The third-order valence-electron chi connectivity index (χ3n) is 3.21. The number of carboxylic acids is 1. The molecule has 0 spiro atoms. The molecule has 110 valence electrons. The molecule has 4 heteroatoms. The minimum absolute atomic E-state index is 0.158. The molecule has 20 heavy (non-hydrogen) atoms. The number of hydrogen-bond acceptors (Lipinski definition) is 3. The highest BCUT2D eigenvalue weighted by atomic mass is 16.4. The van der Waals surface area contributed by atoms with E-state index in [1.54, 1.807) is 13.0 Å². The Hall–Kier alpha value is -1.65. The van der Waals surface area contributed by atoms with Crippen LogP contribution in [0.25, 0.3) is 0 Å². The molecule has 1 rings (SSSR count). The number of nitrogens with one attached hydrogen (secondary N) is 1. The first kappa shape index (κ1) is 16.4. The normalized spacial score (nSPS) is 15.9. The van der Waals surface area contributed by atoms with Gasteiger partial charge in [-0.25, -0.2) is 4.79 Å². The number of hydrogen-bond donors (Lipinski definition) is 3. The van der Waals surface area contributed by atoms with E-state index >= 15 is 0 Å². The van der Waals surface area contributed by atoms with Crippen LogP contribution in [0.4, 0.5) is 0 Å². The predicted molar refractivity (Wildman–Crippen MR) is 79.5 cm³/mol. The largest absolute Gasteiger partial charge is 0.480 e. The highest BCUT2D eigenvalue weighted by Crippen LogP contribution is 2.18. The number of aliphatic hydroxyl groups excluding tert-OH is 1. The van der Waals surface area contributed by atoms with Crippen molar-refractivity contribution in [2.75, 3.05) is 6.61 Å². The van der Waals surface area contributed by atoms with E-state index < -0.39 is 17.6 Å². The Kier molecular flexibility index (Phi) is 6.42. The van der Waals surface area contributed by atoms with Crippen molar-refractivity contribution in [3.8, 4) is 0 Å². The molecule has 2 unspecified atom stereocenters.